The van der Waals surface area contributed by atoms with Crippen LogP contribution >= 0.6 is 23.1 Å². The lowest BCUT2D eigenvalue weighted by molar-refractivity contribution is -0.139. The van der Waals surface area contributed by atoms with Crippen molar-refractivity contribution in [1.82, 2.24) is 14.5 Å². The Kier molecular flexibility index (Phi) is 7.45. The van der Waals surface area contributed by atoms with E-state index >= 15 is 0 Å². The number of nitrogens with one attached hydrogen (secondary N) is 1. The molecule has 3 rings (SSSR count). The molecule has 30 heavy (non-hydrogen) atoms. The van der Waals surface area contributed by atoms with Gasteiger partial charge in [0.1, 0.15) is 6.04 Å². The van der Waals surface area contributed by atoms with Crippen molar-refractivity contribution in [3.05, 3.63) is 29.8 Å². The molecule has 1 aliphatic heterocycles. The standard InChI is InChI=1S/C18H22N4O5S3/c1-3-27-15(23)11-28-18-21-20-17(29-18)19-16(24)14-5-4-10-22(14)30(25,26)13-8-6-12(2)7-9-13/h6-9,14H,3-5,10-11H2,1-2H3,(H,19,20,24). The molecule has 162 valence electrons. The minimum Gasteiger partial charge on any atom is -0.465 e. The number of rotatable bonds is 8. The second-order valence-electron chi connectivity index (χ2n) is 6.54. The van der Waals surface area contributed by atoms with Crippen LogP contribution in [0.5, 0.6) is 0 Å². The molecule has 1 amide bonds. The maximum absolute atomic E-state index is 13.0. The van der Waals surface area contributed by atoms with E-state index in [4.69, 9.17) is 4.74 Å². The van der Waals surface area contributed by atoms with Gasteiger partial charge in [0.2, 0.25) is 21.1 Å². The Labute approximate surface area is 183 Å². The van der Waals surface area contributed by atoms with Crippen LogP contribution in [0.25, 0.3) is 0 Å². The largest absolute Gasteiger partial charge is 0.465 e. The third-order valence-electron chi connectivity index (χ3n) is 4.39. The minimum atomic E-state index is -3.78. The number of thioether (sulfide) groups is 1. The highest BCUT2D eigenvalue weighted by atomic mass is 32.2. The van der Waals surface area contributed by atoms with Crippen LogP contribution in [-0.4, -0.2) is 59.7 Å². The van der Waals surface area contributed by atoms with E-state index in [-0.39, 0.29) is 28.3 Å². The molecular formula is C18H22N4O5S3. The highest BCUT2D eigenvalue weighted by Crippen LogP contribution is 2.29. The van der Waals surface area contributed by atoms with Crippen molar-refractivity contribution < 1.29 is 22.7 Å². The molecule has 2 heterocycles. The predicted molar refractivity (Wildman–Crippen MR) is 114 cm³/mol. The zero-order chi connectivity index (χ0) is 21.7. The van der Waals surface area contributed by atoms with Crippen molar-refractivity contribution in [3.63, 3.8) is 0 Å². The third-order valence-corrected chi connectivity index (χ3v) is 8.26. The van der Waals surface area contributed by atoms with E-state index in [0.717, 1.165) is 28.7 Å². The zero-order valence-corrected chi connectivity index (χ0v) is 19.0. The predicted octanol–water partition coefficient (Wildman–Crippen LogP) is 2.29. The summed E-state index contributed by atoms with van der Waals surface area (Å²) in [5, 5.41) is 10.7. The van der Waals surface area contributed by atoms with Crippen LogP contribution in [0.15, 0.2) is 33.5 Å². The van der Waals surface area contributed by atoms with Crippen LogP contribution in [0.4, 0.5) is 5.13 Å². The number of benzene rings is 1. The molecule has 1 unspecified atom stereocenters. The zero-order valence-electron chi connectivity index (χ0n) is 16.5. The molecule has 0 bridgehead atoms. The quantitative estimate of drug-likeness (QED) is 0.355. The number of carbonyl (C=O) groups excluding carboxylic acids is 2. The summed E-state index contributed by atoms with van der Waals surface area (Å²) in [6, 6.07) is 5.76. The Morgan fingerprint density at radius 1 is 1.30 bits per heavy atom. The maximum atomic E-state index is 13.0. The van der Waals surface area contributed by atoms with Crippen molar-refractivity contribution in [2.24, 2.45) is 0 Å². The highest BCUT2D eigenvalue weighted by Gasteiger charge is 2.39. The van der Waals surface area contributed by atoms with E-state index in [0.29, 0.717) is 23.8 Å². The summed E-state index contributed by atoms with van der Waals surface area (Å²) in [5.41, 5.74) is 0.956. The summed E-state index contributed by atoms with van der Waals surface area (Å²) in [6.45, 7) is 4.20. The monoisotopic (exact) mass is 470 g/mol. The van der Waals surface area contributed by atoms with Gasteiger partial charge in [-0.25, -0.2) is 8.42 Å². The van der Waals surface area contributed by atoms with E-state index in [1.54, 1.807) is 31.2 Å². The molecule has 1 saturated heterocycles. The van der Waals surface area contributed by atoms with Gasteiger partial charge >= 0.3 is 5.97 Å². The molecule has 0 radical (unpaired) electrons. The van der Waals surface area contributed by atoms with Crippen molar-refractivity contribution in [1.29, 1.82) is 0 Å². The van der Waals surface area contributed by atoms with Crippen LogP contribution < -0.4 is 5.32 Å². The number of anilines is 1. The first-order valence-electron chi connectivity index (χ1n) is 9.32. The van der Waals surface area contributed by atoms with Crippen LogP contribution in [0.2, 0.25) is 0 Å². The number of aryl methyl sites for hydroxylation is 1. The molecular weight excluding hydrogens is 448 g/mol. The molecule has 1 aliphatic rings. The topological polar surface area (TPSA) is 119 Å². The molecule has 0 saturated carbocycles. The molecule has 1 aromatic heterocycles. The van der Waals surface area contributed by atoms with Gasteiger partial charge in [-0.15, -0.1) is 10.2 Å². The fourth-order valence-corrected chi connectivity index (χ4v) is 6.18. The van der Waals surface area contributed by atoms with Crippen molar-refractivity contribution in [3.8, 4) is 0 Å². The molecule has 1 N–H and O–H groups in total. The minimum absolute atomic E-state index is 0.0988. The van der Waals surface area contributed by atoms with E-state index in [1.807, 2.05) is 6.92 Å². The lowest BCUT2D eigenvalue weighted by Gasteiger charge is -2.23. The first kappa shape index (κ1) is 22.7. The van der Waals surface area contributed by atoms with Gasteiger partial charge in [-0.2, -0.15) is 4.31 Å². The second kappa shape index (κ2) is 9.86. The number of ether oxygens (including phenoxy) is 1. The average molecular weight is 471 g/mol. The SMILES string of the molecule is CCOC(=O)CSc1nnc(NC(=O)C2CCCN2S(=O)(=O)c2ccc(C)cc2)s1. The van der Waals surface area contributed by atoms with Crippen molar-refractivity contribution in [2.45, 2.75) is 42.0 Å². The van der Waals surface area contributed by atoms with Crippen LogP contribution in [-0.2, 0) is 24.3 Å². The molecule has 1 atom stereocenters. The molecule has 2 aromatic rings. The van der Waals surface area contributed by atoms with Crippen LogP contribution in [0.3, 0.4) is 0 Å². The number of hydrogen-bond acceptors (Lipinski definition) is 9. The normalized spacial score (nSPS) is 17.1. The van der Waals surface area contributed by atoms with Crippen molar-refractivity contribution >= 4 is 50.1 Å². The Hall–Kier alpha value is -2.02. The summed E-state index contributed by atoms with van der Waals surface area (Å²) in [7, 11) is -3.78. The van der Waals surface area contributed by atoms with Gasteiger partial charge in [0.15, 0.2) is 4.34 Å². The van der Waals surface area contributed by atoms with Crippen LogP contribution in [0, 0.1) is 6.92 Å². The average Bonchev–Trinajstić information content (AvgIpc) is 3.37. The summed E-state index contributed by atoms with van der Waals surface area (Å²) in [6.07, 6.45) is 1.03. The van der Waals surface area contributed by atoms with Gasteiger partial charge in [-0.05, 0) is 38.8 Å². The van der Waals surface area contributed by atoms with Gasteiger partial charge in [0.25, 0.3) is 0 Å². The number of nitrogens with zero attached hydrogens (tertiary/aromatic N) is 3. The molecule has 1 fully saturated rings. The molecule has 1 aromatic carbocycles. The molecule has 0 spiro atoms. The van der Waals surface area contributed by atoms with Gasteiger partial charge in [0, 0.05) is 6.54 Å². The van der Waals surface area contributed by atoms with Gasteiger partial charge in [-0.3, -0.25) is 14.9 Å². The number of aromatic nitrogens is 2. The highest BCUT2D eigenvalue weighted by molar-refractivity contribution is 8.01. The van der Waals surface area contributed by atoms with Crippen molar-refractivity contribution in [2.75, 3.05) is 24.2 Å². The number of hydrogen-bond donors (Lipinski definition) is 1. The molecule has 12 heteroatoms. The Bertz CT molecular complexity index is 1010. The smallest absolute Gasteiger partial charge is 0.316 e. The van der Waals surface area contributed by atoms with E-state index in [9.17, 15) is 18.0 Å². The first-order valence-corrected chi connectivity index (χ1v) is 12.6. The Morgan fingerprint density at radius 2 is 2.03 bits per heavy atom. The number of sulfonamides is 1. The van der Waals surface area contributed by atoms with Gasteiger partial charge < -0.3 is 4.74 Å². The first-order chi connectivity index (χ1) is 14.3. The molecule has 0 aliphatic carbocycles. The number of esters is 1. The fraction of sp³-hybridized carbons (Fsp3) is 0.444. The number of amides is 1. The van der Waals surface area contributed by atoms with E-state index in [1.165, 1.54) is 4.31 Å². The number of carbonyl (C=O) groups is 2. The third kappa shape index (κ3) is 5.36. The molecule has 9 nitrogen and oxygen atoms in total. The van der Waals surface area contributed by atoms with Crippen LogP contribution in [0.1, 0.15) is 25.3 Å². The second-order valence-corrected chi connectivity index (χ2v) is 10.6. The summed E-state index contributed by atoms with van der Waals surface area (Å²) in [4.78, 5) is 24.3. The van der Waals surface area contributed by atoms with Gasteiger partial charge in [-0.1, -0.05) is 40.8 Å². The maximum Gasteiger partial charge on any atom is 0.316 e. The summed E-state index contributed by atoms with van der Waals surface area (Å²) < 4.78 is 32.6. The van der Waals surface area contributed by atoms with E-state index < -0.39 is 22.0 Å². The lowest BCUT2D eigenvalue weighted by atomic mass is 10.2. The fourth-order valence-electron chi connectivity index (χ4n) is 2.97. The lowest BCUT2D eigenvalue weighted by Crippen LogP contribution is -2.43. The summed E-state index contributed by atoms with van der Waals surface area (Å²) >= 11 is 2.28. The van der Waals surface area contributed by atoms with Gasteiger partial charge in [0.05, 0.1) is 17.3 Å². The Morgan fingerprint density at radius 3 is 2.73 bits per heavy atom. The van der Waals surface area contributed by atoms with E-state index in [2.05, 4.69) is 15.5 Å². The summed E-state index contributed by atoms with van der Waals surface area (Å²) in [5.74, 6) is -0.700. The Balaban J connectivity index is 1.65.